The van der Waals surface area contributed by atoms with Gasteiger partial charge in [-0.15, -0.1) is 0 Å². The Hall–Kier alpha value is -4.27. The van der Waals surface area contributed by atoms with Crippen LogP contribution < -0.4 is 4.74 Å². The lowest BCUT2D eigenvalue weighted by Crippen LogP contribution is -2.39. The minimum absolute atomic E-state index is 0.171. The van der Waals surface area contributed by atoms with E-state index in [1.165, 1.54) is 15.9 Å². The molecule has 2 heterocycles. The van der Waals surface area contributed by atoms with Crippen molar-refractivity contribution >= 4 is 57.3 Å². The number of carbonyl (C=O) groups excluding carboxylic acids is 2. The van der Waals surface area contributed by atoms with Gasteiger partial charge >= 0.3 is 6.09 Å². The second-order valence-electron chi connectivity index (χ2n) is 11.9. The van der Waals surface area contributed by atoms with Crippen molar-refractivity contribution in [2.24, 2.45) is 0 Å². The van der Waals surface area contributed by atoms with Gasteiger partial charge in [0, 0.05) is 76.8 Å². The number of ether oxygens (including phenoxy) is 2. The summed E-state index contributed by atoms with van der Waals surface area (Å²) in [6, 6.07) is 19.6. The van der Waals surface area contributed by atoms with E-state index in [0.717, 1.165) is 38.9 Å². The lowest BCUT2D eigenvalue weighted by atomic mass is 9.91. The average Bonchev–Trinajstić information content (AvgIpc) is 3.42. The van der Waals surface area contributed by atoms with Crippen LogP contribution >= 0.6 is 23.2 Å². The molecule has 0 saturated heterocycles. The Balaban J connectivity index is 1.59. The molecule has 0 atom stereocenters. The third kappa shape index (κ3) is 9.14. The van der Waals surface area contributed by atoms with E-state index in [4.69, 9.17) is 32.7 Å². The number of halogens is 2. The first kappa shape index (κ1) is 34.6. The number of aromatic amines is 1. The van der Waals surface area contributed by atoms with Gasteiger partial charge in [-0.3, -0.25) is 4.79 Å². The molecule has 2 aromatic heterocycles. The van der Waals surface area contributed by atoms with E-state index in [9.17, 15) is 9.59 Å². The number of benzene rings is 2. The normalized spacial score (nSPS) is 12.3. The first-order valence-electron chi connectivity index (χ1n) is 15.1. The molecule has 0 bridgehead atoms. The Morgan fingerprint density at radius 1 is 1.02 bits per heavy atom. The maximum Gasteiger partial charge on any atom is 0.410 e. The van der Waals surface area contributed by atoms with Crippen LogP contribution in [-0.2, 0) is 9.53 Å². The standard InChI is InChI=1S/C36H40Cl2N4O4/c1-7-27(28-16-15-26(37)22-29(28)38)34(31-21-24-11-8-9-12-30(24)40-31)25-14-17-32(39-23-25)45-20-19-42(35(44)46-36(2,3)4)18-10-13-33(43)41(5)6/h8-17,21-23,40H,7,18-20H2,1-6H3/b13-10+,34-27+. The minimum Gasteiger partial charge on any atom is -0.476 e. The van der Waals surface area contributed by atoms with Crippen molar-refractivity contribution in [1.82, 2.24) is 19.8 Å². The van der Waals surface area contributed by atoms with Gasteiger partial charge in [-0.05, 0) is 68.7 Å². The van der Waals surface area contributed by atoms with Crippen LogP contribution in [0.25, 0.3) is 22.0 Å². The Labute approximate surface area is 280 Å². The molecule has 0 saturated carbocycles. The molecule has 0 radical (unpaired) electrons. The Bertz CT molecular complexity index is 1700. The van der Waals surface area contributed by atoms with Crippen molar-refractivity contribution in [2.75, 3.05) is 33.8 Å². The number of rotatable bonds is 11. The van der Waals surface area contributed by atoms with Gasteiger partial charge in [0.25, 0.3) is 0 Å². The number of H-pyrrole nitrogens is 1. The summed E-state index contributed by atoms with van der Waals surface area (Å²) in [5, 5.41) is 2.24. The van der Waals surface area contributed by atoms with Crippen LogP contribution in [0, 0.1) is 0 Å². The molecule has 10 heteroatoms. The summed E-state index contributed by atoms with van der Waals surface area (Å²) in [4.78, 5) is 35.9. The molecule has 2 amide bonds. The van der Waals surface area contributed by atoms with Crippen LogP contribution in [0.5, 0.6) is 5.88 Å². The number of likely N-dealkylation sites (N-methyl/N-ethyl adjacent to an activating group) is 1. The second kappa shape index (κ2) is 15.3. The smallest absolute Gasteiger partial charge is 0.410 e. The Kier molecular flexibility index (Phi) is 11.5. The quantitative estimate of drug-likeness (QED) is 0.163. The van der Waals surface area contributed by atoms with Gasteiger partial charge in [-0.2, -0.15) is 0 Å². The van der Waals surface area contributed by atoms with Crippen molar-refractivity contribution in [3.05, 3.63) is 106 Å². The number of fused-ring (bicyclic) bond motifs is 1. The van der Waals surface area contributed by atoms with E-state index in [1.807, 2.05) is 42.5 Å². The molecular formula is C36H40Cl2N4O4. The molecule has 0 aliphatic rings. The van der Waals surface area contributed by atoms with E-state index in [0.29, 0.717) is 22.3 Å². The summed E-state index contributed by atoms with van der Waals surface area (Å²) in [5.74, 6) is 0.236. The average molecular weight is 664 g/mol. The summed E-state index contributed by atoms with van der Waals surface area (Å²) < 4.78 is 11.5. The maximum absolute atomic E-state index is 12.9. The number of allylic oxidation sites excluding steroid dienone is 1. The molecule has 46 heavy (non-hydrogen) atoms. The molecule has 0 spiro atoms. The molecular weight excluding hydrogens is 623 g/mol. The van der Waals surface area contributed by atoms with Crippen LogP contribution in [0.1, 0.15) is 50.9 Å². The van der Waals surface area contributed by atoms with Crippen LogP contribution in [0.15, 0.2) is 79.0 Å². The van der Waals surface area contributed by atoms with E-state index in [2.05, 4.69) is 29.0 Å². The van der Waals surface area contributed by atoms with Crippen molar-refractivity contribution in [1.29, 1.82) is 0 Å². The molecule has 8 nitrogen and oxygen atoms in total. The molecule has 4 aromatic rings. The van der Waals surface area contributed by atoms with Crippen LogP contribution in [0.3, 0.4) is 0 Å². The highest BCUT2D eigenvalue weighted by atomic mass is 35.5. The van der Waals surface area contributed by atoms with E-state index >= 15 is 0 Å². The molecule has 1 N–H and O–H groups in total. The van der Waals surface area contributed by atoms with Gasteiger partial charge in [-0.25, -0.2) is 9.78 Å². The number of hydrogen-bond donors (Lipinski definition) is 1. The van der Waals surface area contributed by atoms with E-state index in [-0.39, 0.29) is 25.6 Å². The summed E-state index contributed by atoms with van der Waals surface area (Å²) in [5.41, 5.74) is 5.08. The topological polar surface area (TPSA) is 87.8 Å². The van der Waals surface area contributed by atoms with Gasteiger partial charge < -0.3 is 24.3 Å². The van der Waals surface area contributed by atoms with Gasteiger partial charge in [0.15, 0.2) is 0 Å². The first-order valence-corrected chi connectivity index (χ1v) is 15.8. The third-order valence-corrected chi connectivity index (χ3v) is 7.57. The molecule has 0 aliphatic heterocycles. The third-order valence-electron chi connectivity index (χ3n) is 7.03. The molecule has 0 unspecified atom stereocenters. The van der Waals surface area contributed by atoms with Gasteiger partial charge in [-0.1, -0.05) is 60.5 Å². The molecule has 4 rings (SSSR count). The lowest BCUT2D eigenvalue weighted by Gasteiger charge is -2.26. The number of carbonyl (C=O) groups is 2. The number of pyridine rings is 1. The highest BCUT2D eigenvalue weighted by molar-refractivity contribution is 6.36. The Morgan fingerprint density at radius 3 is 2.41 bits per heavy atom. The highest BCUT2D eigenvalue weighted by Gasteiger charge is 2.22. The number of para-hydroxylation sites is 1. The predicted molar refractivity (Wildman–Crippen MR) is 186 cm³/mol. The summed E-state index contributed by atoms with van der Waals surface area (Å²) in [6.07, 6.45) is 5.05. The maximum atomic E-state index is 12.9. The van der Waals surface area contributed by atoms with Crippen molar-refractivity contribution in [3.63, 3.8) is 0 Å². The fourth-order valence-electron chi connectivity index (χ4n) is 4.82. The number of amides is 2. The number of nitrogens with one attached hydrogen (secondary N) is 1. The van der Waals surface area contributed by atoms with Crippen LogP contribution in [-0.4, -0.2) is 71.2 Å². The second-order valence-corrected chi connectivity index (χ2v) is 12.7. The highest BCUT2D eigenvalue weighted by Crippen LogP contribution is 2.38. The number of nitrogens with zero attached hydrogens (tertiary/aromatic N) is 3. The molecule has 0 fully saturated rings. The molecule has 0 aliphatic carbocycles. The summed E-state index contributed by atoms with van der Waals surface area (Å²) >= 11 is 12.9. The van der Waals surface area contributed by atoms with Crippen molar-refractivity contribution in [2.45, 2.75) is 39.7 Å². The number of aromatic nitrogens is 2. The minimum atomic E-state index is -0.666. The van der Waals surface area contributed by atoms with Crippen LogP contribution in [0.2, 0.25) is 10.0 Å². The zero-order chi connectivity index (χ0) is 33.4. The van der Waals surface area contributed by atoms with Crippen molar-refractivity contribution in [3.8, 4) is 5.88 Å². The van der Waals surface area contributed by atoms with Gasteiger partial charge in [0.05, 0.1) is 6.54 Å². The van der Waals surface area contributed by atoms with E-state index in [1.54, 1.807) is 53.2 Å². The SMILES string of the molecule is CC/C(=C(/c1ccc(OCCN(C/C=C/C(=O)N(C)C)C(=O)OC(C)(C)C)nc1)c1cc2ccccc2[nH]1)c1ccc(Cl)cc1Cl. The fraction of sp³-hybridized carbons (Fsp3) is 0.306. The van der Waals surface area contributed by atoms with Crippen LogP contribution in [0.4, 0.5) is 4.79 Å². The summed E-state index contributed by atoms with van der Waals surface area (Å²) in [7, 11) is 3.33. The van der Waals surface area contributed by atoms with Crippen molar-refractivity contribution < 1.29 is 19.1 Å². The summed E-state index contributed by atoms with van der Waals surface area (Å²) in [6.45, 7) is 8.10. The number of hydrogen-bond acceptors (Lipinski definition) is 5. The molecule has 242 valence electrons. The largest absolute Gasteiger partial charge is 0.476 e. The van der Waals surface area contributed by atoms with E-state index < -0.39 is 11.7 Å². The first-order chi connectivity index (χ1) is 21.9. The lowest BCUT2D eigenvalue weighted by molar-refractivity contribution is -0.123. The fourth-order valence-corrected chi connectivity index (χ4v) is 5.35. The monoisotopic (exact) mass is 662 g/mol. The van der Waals surface area contributed by atoms with Gasteiger partial charge in [0.2, 0.25) is 11.8 Å². The van der Waals surface area contributed by atoms with Gasteiger partial charge in [0.1, 0.15) is 12.2 Å². The zero-order valence-corrected chi connectivity index (χ0v) is 28.6. The zero-order valence-electron chi connectivity index (χ0n) is 27.1. The Morgan fingerprint density at radius 2 is 1.78 bits per heavy atom. The predicted octanol–water partition coefficient (Wildman–Crippen LogP) is 8.50. The molecule has 2 aromatic carbocycles.